The number of nitrogens with zero attached hydrogens (tertiary/aromatic N) is 4. The molecule has 0 spiro atoms. The normalized spacial score (nSPS) is 14.1. The number of carbonyl (C=O) groups excluding carboxylic acids is 1. The van der Waals surface area contributed by atoms with Crippen LogP contribution in [0, 0.1) is 5.82 Å². The van der Waals surface area contributed by atoms with E-state index in [9.17, 15) is 9.18 Å². The van der Waals surface area contributed by atoms with E-state index < -0.39 is 5.82 Å². The van der Waals surface area contributed by atoms with Crippen LogP contribution in [0.1, 0.15) is 49.3 Å². The smallest absolute Gasteiger partial charge is 0.274 e. The maximum Gasteiger partial charge on any atom is 0.274 e. The lowest BCUT2D eigenvalue weighted by Crippen LogP contribution is -2.42. The summed E-state index contributed by atoms with van der Waals surface area (Å²) in [6.45, 7) is 7.32. The minimum atomic E-state index is -0.410. The molecular formula is C19H23FN6OS. The van der Waals surface area contributed by atoms with Gasteiger partial charge in [-0.1, -0.05) is 13.8 Å². The molecule has 0 saturated carbocycles. The molecule has 3 aromatic heterocycles. The average molecular weight is 402 g/mol. The summed E-state index contributed by atoms with van der Waals surface area (Å²) < 4.78 is 14.1. The Morgan fingerprint density at radius 3 is 2.68 bits per heavy atom. The molecule has 3 aromatic rings. The van der Waals surface area contributed by atoms with Crippen molar-refractivity contribution in [2.75, 3.05) is 24.1 Å². The third kappa shape index (κ3) is 4.04. The van der Waals surface area contributed by atoms with Crippen LogP contribution in [0.15, 0.2) is 24.5 Å². The van der Waals surface area contributed by atoms with Crippen molar-refractivity contribution in [2.45, 2.75) is 33.2 Å². The fourth-order valence-corrected chi connectivity index (χ4v) is 3.61. The van der Waals surface area contributed by atoms with Crippen LogP contribution in [0.4, 0.5) is 15.3 Å². The van der Waals surface area contributed by atoms with Crippen LogP contribution >= 0.6 is 11.3 Å². The predicted molar refractivity (Wildman–Crippen MR) is 110 cm³/mol. The van der Waals surface area contributed by atoms with Crippen molar-refractivity contribution in [2.24, 2.45) is 0 Å². The number of nitrogens with two attached hydrogens (primary N) is 1. The van der Waals surface area contributed by atoms with Gasteiger partial charge in [0, 0.05) is 19.3 Å². The van der Waals surface area contributed by atoms with Gasteiger partial charge in [0.1, 0.15) is 5.82 Å². The number of aromatic nitrogens is 3. The van der Waals surface area contributed by atoms with Gasteiger partial charge in [-0.2, -0.15) is 0 Å². The van der Waals surface area contributed by atoms with Gasteiger partial charge in [-0.05, 0) is 31.0 Å². The summed E-state index contributed by atoms with van der Waals surface area (Å²) in [5.74, 6) is -0.226. The first kappa shape index (κ1) is 19.9. The molecule has 0 aliphatic carbocycles. The number of nitrogens with one attached hydrogen (secondary N) is 1. The second-order valence-electron chi connectivity index (χ2n) is 6.21. The Balaban J connectivity index is 0.00000109. The third-order valence-corrected chi connectivity index (χ3v) is 5.27. The molecule has 1 amide bonds. The molecule has 9 heteroatoms. The summed E-state index contributed by atoms with van der Waals surface area (Å²) in [4.78, 5) is 27.2. The summed E-state index contributed by atoms with van der Waals surface area (Å²) in [6, 6.07) is 2.85. The van der Waals surface area contributed by atoms with Gasteiger partial charge >= 0.3 is 0 Å². The predicted octanol–water partition coefficient (Wildman–Crippen LogP) is 3.85. The Hall–Kier alpha value is -2.81. The highest BCUT2D eigenvalue weighted by Crippen LogP contribution is 2.31. The molecule has 0 aromatic carbocycles. The van der Waals surface area contributed by atoms with E-state index in [0.717, 1.165) is 25.7 Å². The Bertz CT molecular complexity index is 988. The molecular weight excluding hydrogens is 379 g/mol. The molecule has 1 fully saturated rings. The molecule has 0 bridgehead atoms. The molecule has 3 N–H and O–H groups in total. The first-order chi connectivity index (χ1) is 13.5. The van der Waals surface area contributed by atoms with E-state index in [-0.39, 0.29) is 11.9 Å². The second kappa shape index (κ2) is 8.47. The number of carbonyl (C=O) groups is 1. The number of likely N-dealkylation sites (tertiary alicyclic amines) is 1. The number of hydrogen-bond donors (Lipinski definition) is 2. The number of halogens is 1. The molecule has 4 heterocycles. The number of amides is 1. The van der Waals surface area contributed by atoms with Crippen LogP contribution in [-0.4, -0.2) is 38.8 Å². The number of nitrogen functional groups attached to an aromatic ring is 1. The van der Waals surface area contributed by atoms with Crippen molar-refractivity contribution in [3.63, 3.8) is 0 Å². The highest BCUT2D eigenvalue weighted by atomic mass is 32.1. The quantitative estimate of drug-likeness (QED) is 0.688. The topological polar surface area (TPSA) is 97.0 Å². The average Bonchev–Trinajstić information content (AvgIpc) is 3.01. The van der Waals surface area contributed by atoms with Crippen molar-refractivity contribution >= 4 is 38.4 Å². The minimum absolute atomic E-state index is 0.117. The van der Waals surface area contributed by atoms with Crippen molar-refractivity contribution in [1.82, 2.24) is 19.9 Å². The molecule has 1 saturated heterocycles. The lowest BCUT2D eigenvalue weighted by Gasteiger charge is -2.30. The lowest BCUT2D eigenvalue weighted by atomic mass is 10.1. The maximum atomic E-state index is 13.4. The van der Waals surface area contributed by atoms with Gasteiger partial charge in [0.2, 0.25) is 5.95 Å². The SMILES string of the molecule is CC.CC(Nc1nc(C(=O)N2CCC2)c2sc(N)cc2n1)c1cncc(F)c1. The number of thiophene rings is 1. The van der Waals surface area contributed by atoms with Crippen LogP contribution in [-0.2, 0) is 0 Å². The minimum Gasteiger partial charge on any atom is -0.391 e. The fourth-order valence-electron chi connectivity index (χ4n) is 2.77. The van der Waals surface area contributed by atoms with E-state index in [2.05, 4.69) is 20.3 Å². The Kier molecular flexibility index (Phi) is 6.03. The molecule has 1 aliphatic heterocycles. The van der Waals surface area contributed by atoms with Crippen molar-refractivity contribution in [3.05, 3.63) is 41.6 Å². The lowest BCUT2D eigenvalue weighted by molar-refractivity contribution is 0.0648. The Morgan fingerprint density at radius 1 is 1.29 bits per heavy atom. The summed E-state index contributed by atoms with van der Waals surface area (Å²) in [5, 5.41) is 3.70. The number of pyridine rings is 1. The first-order valence-electron chi connectivity index (χ1n) is 9.24. The van der Waals surface area contributed by atoms with Gasteiger partial charge in [-0.15, -0.1) is 11.3 Å². The van der Waals surface area contributed by atoms with Crippen LogP contribution in [0.5, 0.6) is 0 Å². The van der Waals surface area contributed by atoms with Crippen LogP contribution in [0.2, 0.25) is 0 Å². The fraction of sp³-hybridized carbons (Fsp3) is 0.368. The molecule has 28 heavy (non-hydrogen) atoms. The Morgan fingerprint density at radius 2 is 2.04 bits per heavy atom. The number of rotatable bonds is 4. The zero-order valence-corrected chi connectivity index (χ0v) is 16.9. The molecule has 4 rings (SSSR count). The van der Waals surface area contributed by atoms with Gasteiger partial charge < -0.3 is 16.0 Å². The number of fused-ring (bicyclic) bond motifs is 1. The van der Waals surface area contributed by atoms with Crippen molar-refractivity contribution in [3.8, 4) is 0 Å². The van der Waals surface area contributed by atoms with E-state index in [1.165, 1.54) is 17.4 Å². The van der Waals surface area contributed by atoms with Gasteiger partial charge in [-0.3, -0.25) is 9.78 Å². The van der Waals surface area contributed by atoms with E-state index in [1.807, 2.05) is 20.8 Å². The van der Waals surface area contributed by atoms with Crippen LogP contribution in [0.25, 0.3) is 10.2 Å². The van der Waals surface area contributed by atoms with Gasteiger partial charge in [0.25, 0.3) is 5.91 Å². The first-order valence-corrected chi connectivity index (χ1v) is 10.1. The monoisotopic (exact) mass is 402 g/mol. The zero-order valence-electron chi connectivity index (χ0n) is 16.1. The largest absolute Gasteiger partial charge is 0.391 e. The molecule has 7 nitrogen and oxygen atoms in total. The van der Waals surface area contributed by atoms with E-state index >= 15 is 0 Å². The summed E-state index contributed by atoms with van der Waals surface area (Å²) in [7, 11) is 0. The molecule has 0 radical (unpaired) electrons. The number of hydrogen-bond acceptors (Lipinski definition) is 7. The standard InChI is InChI=1S/C17H17FN6OS.C2H6/c1-9(10-5-11(18)8-20-7-10)21-17-22-12-6-13(19)26-15(12)14(23-17)16(25)24-3-2-4-24;1-2/h5-9H,2-4,19H2,1H3,(H,21,22,23);1-2H3. The van der Waals surface area contributed by atoms with E-state index in [0.29, 0.717) is 32.4 Å². The Labute approximate surface area is 166 Å². The van der Waals surface area contributed by atoms with Gasteiger partial charge in [0.05, 0.1) is 27.5 Å². The molecule has 148 valence electrons. The summed E-state index contributed by atoms with van der Waals surface area (Å²) in [5.41, 5.74) is 7.53. The van der Waals surface area contributed by atoms with Gasteiger partial charge in [0.15, 0.2) is 5.69 Å². The van der Waals surface area contributed by atoms with Crippen LogP contribution < -0.4 is 11.1 Å². The maximum absolute atomic E-state index is 13.4. The highest BCUT2D eigenvalue weighted by molar-refractivity contribution is 7.22. The third-order valence-electron chi connectivity index (χ3n) is 4.31. The number of anilines is 2. The summed E-state index contributed by atoms with van der Waals surface area (Å²) >= 11 is 1.30. The summed E-state index contributed by atoms with van der Waals surface area (Å²) in [6.07, 6.45) is 3.73. The van der Waals surface area contributed by atoms with Crippen molar-refractivity contribution in [1.29, 1.82) is 0 Å². The van der Waals surface area contributed by atoms with E-state index in [4.69, 9.17) is 5.73 Å². The molecule has 1 unspecified atom stereocenters. The van der Waals surface area contributed by atoms with Crippen LogP contribution in [0.3, 0.4) is 0 Å². The second-order valence-corrected chi connectivity index (χ2v) is 7.29. The molecule has 1 atom stereocenters. The van der Waals surface area contributed by atoms with E-state index in [1.54, 1.807) is 17.2 Å². The van der Waals surface area contributed by atoms with Gasteiger partial charge in [-0.25, -0.2) is 14.4 Å². The zero-order chi connectivity index (χ0) is 20.3. The molecule has 1 aliphatic rings. The van der Waals surface area contributed by atoms with Crippen molar-refractivity contribution < 1.29 is 9.18 Å². The highest BCUT2D eigenvalue weighted by Gasteiger charge is 2.26.